The molecule has 1 rings (SSSR count). The van der Waals surface area contributed by atoms with Crippen molar-refractivity contribution in [3.05, 3.63) is 29.3 Å². The minimum absolute atomic E-state index is 0.0470. The summed E-state index contributed by atoms with van der Waals surface area (Å²) in [5, 5.41) is 0. The monoisotopic (exact) mass is 292 g/mol. The third-order valence-electron chi connectivity index (χ3n) is 3.02. The Morgan fingerprint density at radius 2 is 1.90 bits per heavy atom. The molecule has 0 aliphatic rings. The molecule has 0 fully saturated rings. The zero-order valence-corrected chi connectivity index (χ0v) is 14.0. The Hall–Kier alpha value is -1.51. The van der Waals surface area contributed by atoms with E-state index in [0.717, 1.165) is 19.3 Å². The maximum absolute atomic E-state index is 12.0. The van der Waals surface area contributed by atoms with Crippen LogP contribution in [0.2, 0.25) is 0 Å². The van der Waals surface area contributed by atoms with E-state index >= 15 is 0 Å². The summed E-state index contributed by atoms with van der Waals surface area (Å²) in [7, 11) is 0. The molecule has 0 aliphatic heterocycles. The molecule has 0 spiro atoms. The highest BCUT2D eigenvalue weighted by Crippen LogP contribution is 2.25. The topological polar surface area (TPSA) is 35.5 Å². The van der Waals surface area contributed by atoms with E-state index in [2.05, 4.69) is 27.7 Å². The van der Waals surface area contributed by atoms with Gasteiger partial charge in [0.1, 0.15) is 11.3 Å². The molecule has 1 aromatic carbocycles. The number of benzene rings is 1. The molecule has 21 heavy (non-hydrogen) atoms. The number of hydrogen-bond donors (Lipinski definition) is 0. The second-order valence-corrected chi connectivity index (χ2v) is 6.50. The smallest absolute Gasteiger partial charge is 0.341 e. The van der Waals surface area contributed by atoms with Gasteiger partial charge in [0.25, 0.3) is 0 Å². The van der Waals surface area contributed by atoms with Gasteiger partial charge >= 0.3 is 5.97 Å². The first-order valence-electron chi connectivity index (χ1n) is 7.80. The van der Waals surface area contributed by atoms with Crippen LogP contribution in [0, 0.1) is 5.41 Å². The van der Waals surface area contributed by atoms with Crippen LogP contribution in [0.1, 0.15) is 63.4 Å². The molecule has 0 bridgehead atoms. The SMILES string of the molecule is CCCCc1ccc(C(=O)OCC)c(OCC(C)(C)C)c1. The van der Waals surface area contributed by atoms with Gasteiger partial charge in [-0.1, -0.05) is 40.2 Å². The molecule has 3 nitrogen and oxygen atoms in total. The molecule has 0 amide bonds. The van der Waals surface area contributed by atoms with Crippen molar-refractivity contribution in [2.75, 3.05) is 13.2 Å². The Labute approximate surface area is 128 Å². The standard InChI is InChI=1S/C18H28O3/c1-6-8-9-14-10-11-15(17(19)20-7-2)16(12-14)21-13-18(3,4)5/h10-12H,6-9,13H2,1-5H3. The van der Waals surface area contributed by atoms with Crippen molar-refractivity contribution < 1.29 is 14.3 Å². The van der Waals surface area contributed by atoms with Crippen LogP contribution in [-0.2, 0) is 11.2 Å². The first-order valence-corrected chi connectivity index (χ1v) is 7.80. The van der Waals surface area contributed by atoms with Crippen molar-refractivity contribution in [1.82, 2.24) is 0 Å². The van der Waals surface area contributed by atoms with Crippen LogP contribution in [0.5, 0.6) is 5.75 Å². The van der Waals surface area contributed by atoms with Crippen molar-refractivity contribution in [3.63, 3.8) is 0 Å². The van der Waals surface area contributed by atoms with Gasteiger partial charge in [-0.25, -0.2) is 4.79 Å². The largest absolute Gasteiger partial charge is 0.492 e. The van der Waals surface area contributed by atoms with E-state index in [0.29, 0.717) is 24.5 Å². The van der Waals surface area contributed by atoms with Gasteiger partial charge in [0.05, 0.1) is 13.2 Å². The molecule has 0 radical (unpaired) electrons. The fourth-order valence-electron chi connectivity index (χ4n) is 1.89. The first kappa shape index (κ1) is 17.5. The molecule has 1 aromatic rings. The second-order valence-electron chi connectivity index (χ2n) is 6.50. The number of rotatable bonds is 7. The molecule has 0 unspecified atom stereocenters. The van der Waals surface area contributed by atoms with E-state index in [4.69, 9.17) is 9.47 Å². The van der Waals surface area contributed by atoms with E-state index in [1.807, 2.05) is 25.1 Å². The predicted molar refractivity (Wildman–Crippen MR) is 86.0 cm³/mol. The Morgan fingerprint density at radius 1 is 1.19 bits per heavy atom. The molecule has 118 valence electrons. The van der Waals surface area contributed by atoms with Gasteiger partial charge in [-0.05, 0) is 42.9 Å². The second kappa shape index (κ2) is 8.06. The van der Waals surface area contributed by atoms with Gasteiger partial charge in [-0.3, -0.25) is 0 Å². The summed E-state index contributed by atoms with van der Waals surface area (Å²) in [6, 6.07) is 5.79. The predicted octanol–water partition coefficient (Wildman–Crippen LogP) is 4.63. The van der Waals surface area contributed by atoms with Gasteiger partial charge in [-0.2, -0.15) is 0 Å². The average molecular weight is 292 g/mol. The summed E-state index contributed by atoms with van der Waals surface area (Å²) in [6.07, 6.45) is 3.29. The number of hydrogen-bond acceptors (Lipinski definition) is 3. The summed E-state index contributed by atoms with van der Waals surface area (Å²) in [6.45, 7) is 11.2. The summed E-state index contributed by atoms with van der Waals surface area (Å²) in [4.78, 5) is 12.0. The molecule has 0 aliphatic carbocycles. The molecular weight excluding hydrogens is 264 g/mol. The van der Waals surface area contributed by atoms with Gasteiger partial charge in [-0.15, -0.1) is 0 Å². The molecule has 0 saturated carbocycles. The quantitative estimate of drug-likeness (QED) is 0.687. The fourth-order valence-corrected chi connectivity index (χ4v) is 1.89. The van der Waals surface area contributed by atoms with E-state index in [-0.39, 0.29) is 11.4 Å². The van der Waals surface area contributed by atoms with Crippen LogP contribution in [0.25, 0.3) is 0 Å². The number of unbranched alkanes of at least 4 members (excludes halogenated alkanes) is 1. The normalized spacial score (nSPS) is 11.3. The maximum atomic E-state index is 12.0. The molecule has 0 atom stereocenters. The molecule has 0 saturated heterocycles. The lowest BCUT2D eigenvalue weighted by molar-refractivity contribution is 0.0519. The highest BCUT2D eigenvalue weighted by molar-refractivity contribution is 5.92. The van der Waals surface area contributed by atoms with Crippen molar-refractivity contribution >= 4 is 5.97 Å². The summed E-state index contributed by atoms with van der Waals surface area (Å²) < 4.78 is 11.0. The molecule has 3 heteroatoms. The highest BCUT2D eigenvalue weighted by atomic mass is 16.5. The lowest BCUT2D eigenvalue weighted by atomic mass is 9.98. The number of carbonyl (C=O) groups excluding carboxylic acids is 1. The Kier molecular flexibility index (Phi) is 6.73. The Balaban J connectivity index is 2.97. The van der Waals surface area contributed by atoms with Gasteiger partial charge in [0.2, 0.25) is 0 Å². The number of carbonyl (C=O) groups is 1. The van der Waals surface area contributed by atoms with E-state index in [1.165, 1.54) is 5.56 Å². The van der Waals surface area contributed by atoms with Crippen LogP contribution in [0.4, 0.5) is 0 Å². The van der Waals surface area contributed by atoms with Crippen molar-refractivity contribution in [2.45, 2.75) is 53.9 Å². The molecule has 0 aromatic heterocycles. The zero-order valence-electron chi connectivity index (χ0n) is 14.0. The third-order valence-corrected chi connectivity index (χ3v) is 3.02. The van der Waals surface area contributed by atoms with Crippen molar-refractivity contribution in [2.24, 2.45) is 5.41 Å². The summed E-state index contributed by atoms with van der Waals surface area (Å²) >= 11 is 0. The van der Waals surface area contributed by atoms with Crippen LogP contribution in [0.3, 0.4) is 0 Å². The Bertz CT molecular complexity index is 458. The third kappa shape index (κ3) is 6.19. The van der Waals surface area contributed by atoms with Gasteiger partial charge in [0, 0.05) is 0 Å². The van der Waals surface area contributed by atoms with E-state index in [9.17, 15) is 4.79 Å². The van der Waals surface area contributed by atoms with Gasteiger partial charge in [0.15, 0.2) is 0 Å². The number of ether oxygens (including phenoxy) is 2. The molecular formula is C18H28O3. The van der Waals surface area contributed by atoms with Crippen LogP contribution in [-0.4, -0.2) is 19.2 Å². The minimum atomic E-state index is -0.316. The zero-order chi connectivity index (χ0) is 15.9. The minimum Gasteiger partial charge on any atom is -0.492 e. The summed E-state index contributed by atoms with van der Waals surface area (Å²) in [5.41, 5.74) is 1.76. The van der Waals surface area contributed by atoms with E-state index in [1.54, 1.807) is 0 Å². The lowest BCUT2D eigenvalue weighted by Crippen LogP contribution is -2.18. The van der Waals surface area contributed by atoms with E-state index < -0.39 is 0 Å². The van der Waals surface area contributed by atoms with Crippen LogP contribution >= 0.6 is 0 Å². The molecule has 0 N–H and O–H groups in total. The number of esters is 1. The number of aryl methyl sites for hydroxylation is 1. The average Bonchev–Trinajstić information content (AvgIpc) is 2.42. The maximum Gasteiger partial charge on any atom is 0.341 e. The fraction of sp³-hybridized carbons (Fsp3) is 0.611. The highest BCUT2D eigenvalue weighted by Gasteiger charge is 2.17. The Morgan fingerprint density at radius 3 is 2.48 bits per heavy atom. The van der Waals surface area contributed by atoms with Crippen molar-refractivity contribution in [3.8, 4) is 5.75 Å². The van der Waals surface area contributed by atoms with Gasteiger partial charge < -0.3 is 9.47 Å². The lowest BCUT2D eigenvalue weighted by Gasteiger charge is -2.20. The first-order chi connectivity index (χ1) is 9.87. The summed E-state index contributed by atoms with van der Waals surface area (Å²) in [5.74, 6) is 0.320. The van der Waals surface area contributed by atoms with Crippen LogP contribution in [0.15, 0.2) is 18.2 Å². The van der Waals surface area contributed by atoms with Crippen molar-refractivity contribution in [1.29, 1.82) is 0 Å². The molecule has 0 heterocycles. The van der Waals surface area contributed by atoms with Crippen LogP contribution < -0.4 is 4.74 Å².